The molecule has 1 aromatic carbocycles. The first-order valence-electron chi connectivity index (χ1n) is 9.11. The number of carbonyl (C=O) groups excluding carboxylic acids is 2. The highest BCUT2D eigenvalue weighted by molar-refractivity contribution is 7.17. The van der Waals surface area contributed by atoms with Crippen LogP contribution < -0.4 is 10.2 Å². The lowest BCUT2D eigenvalue weighted by Crippen LogP contribution is -2.32. The monoisotopic (exact) mass is 370 g/mol. The molecule has 2 aliphatic rings. The van der Waals surface area contributed by atoms with Gasteiger partial charge in [0, 0.05) is 17.1 Å². The summed E-state index contributed by atoms with van der Waals surface area (Å²) in [6.45, 7) is 3.27. The predicted molar refractivity (Wildman–Crippen MR) is 103 cm³/mol. The zero-order chi connectivity index (χ0) is 18.1. The Morgan fingerprint density at radius 3 is 2.92 bits per heavy atom. The number of hydrogen-bond donors (Lipinski definition) is 1. The molecule has 6 heteroatoms. The third-order valence-electron chi connectivity index (χ3n) is 4.97. The minimum absolute atomic E-state index is 0.0906. The maximum Gasteiger partial charge on any atom is 0.341 e. The maximum absolute atomic E-state index is 12.6. The second-order valence-corrected chi connectivity index (χ2v) is 7.74. The number of nitrogens with one attached hydrogen (secondary N) is 1. The number of carbonyl (C=O) groups is 2. The van der Waals surface area contributed by atoms with Crippen molar-refractivity contribution in [1.82, 2.24) is 0 Å². The Morgan fingerprint density at radius 1 is 1.23 bits per heavy atom. The molecule has 0 atom stereocenters. The Labute approximate surface area is 157 Å². The highest BCUT2D eigenvalue weighted by Gasteiger charge is 2.29. The number of benzene rings is 1. The minimum atomic E-state index is -0.325. The van der Waals surface area contributed by atoms with E-state index in [2.05, 4.69) is 22.3 Å². The maximum atomic E-state index is 12.6. The zero-order valence-corrected chi connectivity index (χ0v) is 15.7. The fourth-order valence-electron chi connectivity index (χ4n) is 3.82. The summed E-state index contributed by atoms with van der Waals surface area (Å²) < 4.78 is 5.22. The van der Waals surface area contributed by atoms with E-state index in [0.717, 1.165) is 43.5 Å². The summed E-state index contributed by atoms with van der Waals surface area (Å²) in [5.74, 6) is -0.416. The van der Waals surface area contributed by atoms with E-state index >= 15 is 0 Å². The lowest BCUT2D eigenvalue weighted by Gasteiger charge is -2.18. The molecule has 0 bridgehead atoms. The van der Waals surface area contributed by atoms with Crippen LogP contribution in [0.3, 0.4) is 0 Å². The molecular formula is C20H22N2O3S. The number of rotatable bonds is 5. The first-order valence-corrected chi connectivity index (χ1v) is 9.93. The first kappa shape index (κ1) is 17.1. The lowest BCUT2D eigenvalue weighted by atomic mass is 10.1. The minimum Gasteiger partial charge on any atom is -0.462 e. The molecule has 1 N–H and O–H groups in total. The van der Waals surface area contributed by atoms with Gasteiger partial charge in [-0.1, -0.05) is 18.2 Å². The van der Waals surface area contributed by atoms with Crippen LogP contribution in [0.25, 0.3) is 0 Å². The van der Waals surface area contributed by atoms with Crippen LogP contribution >= 0.6 is 11.3 Å². The summed E-state index contributed by atoms with van der Waals surface area (Å²) in [7, 11) is 0. The van der Waals surface area contributed by atoms with Gasteiger partial charge in [0.2, 0.25) is 5.91 Å². The SMILES string of the molecule is CCOC(=O)c1c(NC(=O)CN2CCc3ccccc32)sc2c1CCC2. The van der Waals surface area contributed by atoms with Crippen LogP contribution in [0.15, 0.2) is 24.3 Å². The molecule has 2 heterocycles. The van der Waals surface area contributed by atoms with Gasteiger partial charge in [0.25, 0.3) is 0 Å². The standard InChI is InChI=1S/C20H22N2O3S/c1-2-25-20(24)18-14-7-5-9-16(14)26-19(18)21-17(23)12-22-11-10-13-6-3-4-8-15(13)22/h3-4,6,8H,2,5,7,9-12H2,1H3,(H,21,23). The Kier molecular flexibility index (Phi) is 4.68. The van der Waals surface area contributed by atoms with E-state index in [0.29, 0.717) is 23.7 Å². The van der Waals surface area contributed by atoms with Crippen molar-refractivity contribution < 1.29 is 14.3 Å². The van der Waals surface area contributed by atoms with Crippen LogP contribution in [0.4, 0.5) is 10.7 Å². The van der Waals surface area contributed by atoms with Crippen molar-refractivity contribution in [3.8, 4) is 0 Å². The van der Waals surface area contributed by atoms with E-state index in [-0.39, 0.29) is 11.9 Å². The summed E-state index contributed by atoms with van der Waals surface area (Å²) in [6, 6.07) is 8.19. The fraction of sp³-hybridized carbons (Fsp3) is 0.400. The highest BCUT2D eigenvalue weighted by atomic mass is 32.1. The molecule has 4 rings (SSSR count). The molecule has 1 aliphatic carbocycles. The molecule has 136 valence electrons. The number of fused-ring (bicyclic) bond motifs is 2. The van der Waals surface area contributed by atoms with Crippen molar-refractivity contribution >= 4 is 33.9 Å². The summed E-state index contributed by atoms with van der Waals surface area (Å²) in [6.07, 6.45) is 3.88. The molecule has 0 saturated carbocycles. The molecule has 26 heavy (non-hydrogen) atoms. The third kappa shape index (κ3) is 3.09. The third-order valence-corrected chi connectivity index (χ3v) is 6.18. The summed E-state index contributed by atoms with van der Waals surface area (Å²) in [5.41, 5.74) is 4.04. The van der Waals surface area contributed by atoms with Crippen LogP contribution in [0, 0.1) is 0 Å². The van der Waals surface area contributed by atoms with Crippen LogP contribution in [-0.2, 0) is 28.8 Å². The Morgan fingerprint density at radius 2 is 2.08 bits per heavy atom. The number of nitrogens with zero attached hydrogens (tertiary/aromatic N) is 1. The summed E-state index contributed by atoms with van der Waals surface area (Å²) >= 11 is 1.52. The van der Waals surface area contributed by atoms with Gasteiger partial charge >= 0.3 is 5.97 Å². The van der Waals surface area contributed by atoms with E-state index < -0.39 is 0 Å². The van der Waals surface area contributed by atoms with Crippen molar-refractivity contribution in [2.45, 2.75) is 32.6 Å². The fourth-order valence-corrected chi connectivity index (χ4v) is 5.12. The van der Waals surface area contributed by atoms with Crippen LogP contribution in [0.1, 0.15) is 39.7 Å². The average Bonchev–Trinajstić information content (AvgIpc) is 3.30. The van der Waals surface area contributed by atoms with Crippen molar-refractivity contribution in [3.63, 3.8) is 0 Å². The van der Waals surface area contributed by atoms with Crippen LogP contribution in [0.5, 0.6) is 0 Å². The van der Waals surface area contributed by atoms with Crippen molar-refractivity contribution in [1.29, 1.82) is 0 Å². The number of hydrogen-bond acceptors (Lipinski definition) is 5. The molecular weight excluding hydrogens is 348 g/mol. The van der Waals surface area contributed by atoms with E-state index in [4.69, 9.17) is 4.74 Å². The molecule has 0 spiro atoms. The quantitative estimate of drug-likeness (QED) is 0.820. The van der Waals surface area contributed by atoms with Gasteiger partial charge in [-0.2, -0.15) is 0 Å². The van der Waals surface area contributed by atoms with Crippen LogP contribution in [-0.4, -0.2) is 31.6 Å². The normalized spacial score (nSPS) is 14.9. The Hall–Kier alpha value is -2.34. The number of ether oxygens (including phenoxy) is 1. The van der Waals surface area contributed by atoms with Crippen molar-refractivity contribution in [3.05, 3.63) is 45.8 Å². The molecule has 1 aliphatic heterocycles. The van der Waals surface area contributed by atoms with E-state index in [1.165, 1.54) is 21.8 Å². The van der Waals surface area contributed by atoms with Gasteiger partial charge in [-0.25, -0.2) is 4.79 Å². The highest BCUT2D eigenvalue weighted by Crippen LogP contribution is 2.39. The largest absolute Gasteiger partial charge is 0.462 e. The summed E-state index contributed by atoms with van der Waals surface area (Å²) in [5, 5.41) is 3.62. The van der Waals surface area contributed by atoms with Crippen LogP contribution in [0.2, 0.25) is 0 Å². The van der Waals surface area contributed by atoms with Crippen molar-refractivity contribution in [2.24, 2.45) is 0 Å². The number of para-hydroxylation sites is 1. The smallest absolute Gasteiger partial charge is 0.341 e. The van der Waals surface area contributed by atoms with Gasteiger partial charge in [0.15, 0.2) is 0 Å². The number of thiophene rings is 1. The number of aryl methyl sites for hydroxylation is 1. The van der Waals surface area contributed by atoms with Gasteiger partial charge in [0.1, 0.15) is 5.00 Å². The molecule has 1 aromatic heterocycles. The van der Waals surface area contributed by atoms with Gasteiger partial charge in [0.05, 0.1) is 18.7 Å². The molecule has 0 radical (unpaired) electrons. The van der Waals surface area contributed by atoms with Gasteiger partial charge in [-0.15, -0.1) is 11.3 Å². The number of esters is 1. The van der Waals surface area contributed by atoms with Gasteiger partial charge in [-0.3, -0.25) is 4.79 Å². The molecule has 0 saturated heterocycles. The second-order valence-electron chi connectivity index (χ2n) is 6.63. The topological polar surface area (TPSA) is 58.6 Å². The van der Waals surface area contributed by atoms with Gasteiger partial charge < -0.3 is 15.0 Å². The molecule has 0 fully saturated rings. The predicted octanol–water partition coefficient (Wildman–Crippen LogP) is 3.41. The molecule has 2 aromatic rings. The first-order chi connectivity index (χ1) is 12.7. The Balaban J connectivity index is 1.51. The van der Waals surface area contributed by atoms with Crippen molar-refractivity contribution in [2.75, 3.05) is 29.9 Å². The average molecular weight is 370 g/mol. The molecule has 0 unspecified atom stereocenters. The zero-order valence-electron chi connectivity index (χ0n) is 14.8. The number of amides is 1. The Bertz CT molecular complexity index is 859. The lowest BCUT2D eigenvalue weighted by molar-refractivity contribution is -0.114. The second kappa shape index (κ2) is 7.11. The molecule has 5 nitrogen and oxygen atoms in total. The van der Waals surface area contributed by atoms with E-state index in [9.17, 15) is 9.59 Å². The van der Waals surface area contributed by atoms with E-state index in [1.807, 2.05) is 12.1 Å². The summed E-state index contributed by atoms with van der Waals surface area (Å²) in [4.78, 5) is 28.3. The van der Waals surface area contributed by atoms with E-state index in [1.54, 1.807) is 6.92 Å². The number of anilines is 2. The molecule has 1 amide bonds. The van der Waals surface area contributed by atoms with Gasteiger partial charge in [-0.05, 0) is 49.8 Å².